The van der Waals surface area contributed by atoms with Crippen molar-refractivity contribution in [2.75, 3.05) is 0 Å². The van der Waals surface area contributed by atoms with Crippen LogP contribution in [0.5, 0.6) is 0 Å². The minimum atomic E-state index is -4.69. The van der Waals surface area contributed by atoms with Gasteiger partial charge in [-0.15, -0.1) is 0 Å². The summed E-state index contributed by atoms with van der Waals surface area (Å²) in [6.45, 7) is 0. The lowest BCUT2D eigenvalue weighted by atomic mass is 10.1. The summed E-state index contributed by atoms with van der Waals surface area (Å²) in [4.78, 5) is 9.53. The number of alkyl halides is 3. The molecule has 1 aromatic carbocycles. The molecule has 0 aromatic heterocycles. The summed E-state index contributed by atoms with van der Waals surface area (Å²) in [5.41, 5.74) is 4.10. The molecule has 0 amide bonds. The molecule has 0 spiro atoms. The number of halogens is 3. The van der Waals surface area contributed by atoms with E-state index in [1.54, 1.807) is 0 Å². The summed E-state index contributed by atoms with van der Waals surface area (Å²) in [7, 11) is -4.32. The van der Waals surface area contributed by atoms with Crippen molar-refractivity contribution in [2.24, 2.45) is 5.73 Å². The van der Waals surface area contributed by atoms with Gasteiger partial charge in [-0.2, -0.15) is 13.2 Å². The van der Waals surface area contributed by atoms with Crippen LogP contribution in [0.3, 0.4) is 0 Å². The highest BCUT2D eigenvalue weighted by atomic mass is 32.2. The molecule has 1 heterocycles. The minimum Gasteiger partial charge on any atom is -0.480 e. The van der Waals surface area contributed by atoms with Gasteiger partial charge in [-0.05, 0) is 23.8 Å². The maximum absolute atomic E-state index is 12.6. The summed E-state index contributed by atoms with van der Waals surface area (Å²) in [5.74, 6) is -1.58. The van der Waals surface area contributed by atoms with Crippen molar-refractivity contribution in [2.45, 2.75) is 17.1 Å². The van der Waals surface area contributed by atoms with Crippen molar-refractivity contribution >= 4 is 21.9 Å². The molecule has 9 heteroatoms. The van der Waals surface area contributed by atoms with E-state index >= 15 is 0 Å². The number of nitrogens with two attached hydrogens (primary N) is 1. The Kier molecular flexibility index (Phi) is 3.14. The highest BCUT2D eigenvalue weighted by Gasteiger charge is 2.39. The fraction of sp³-hybridized carbons (Fsp3) is 0.182. The third-order valence-corrected chi connectivity index (χ3v) is 4.74. The minimum absolute atomic E-state index is 0.00954. The lowest BCUT2D eigenvalue weighted by Crippen LogP contribution is -2.34. The summed E-state index contributed by atoms with van der Waals surface area (Å²) in [6, 6.07) is 0.349. The Hall–Kier alpha value is -1.87. The molecule has 2 rings (SSSR count). The average Bonchev–Trinajstić information content (AvgIpc) is 2.58. The predicted molar refractivity (Wildman–Crippen MR) is 62.2 cm³/mol. The van der Waals surface area contributed by atoms with Gasteiger partial charge >= 0.3 is 12.1 Å². The Balaban J connectivity index is 2.58. The van der Waals surface area contributed by atoms with E-state index in [9.17, 15) is 26.4 Å². The van der Waals surface area contributed by atoms with E-state index in [0.29, 0.717) is 6.07 Å². The Morgan fingerprint density at radius 3 is 2.40 bits per heavy atom. The highest BCUT2D eigenvalue weighted by molar-refractivity contribution is 7.96. The van der Waals surface area contributed by atoms with E-state index in [4.69, 9.17) is 10.8 Å². The van der Waals surface area contributed by atoms with E-state index in [2.05, 4.69) is 0 Å². The number of hydrogen-bond acceptors (Lipinski definition) is 4. The fourth-order valence-electron chi connectivity index (χ4n) is 1.80. The van der Waals surface area contributed by atoms with Crippen molar-refractivity contribution < 1.29 is 31.5 Å². The normalized spacial score (nSPS) is 18.3. The number of carboxylic acids is 1. The number of carbonyl (C=O) groups is 1. The molecule has 3 N–H and O–H groups in total. The van der Waals surface area contributed by atoms with Crippen LogP contribution in [0.2, 0.25) is 0 Å². The van der Waals surface area contributed by atoms with E-state index in [-0.39, 0.29) is 5.56 Å². The van der Waals surface area contributed by atoms with E-state index < -0.39 is 43.4 Å². The molecule has 5 nitrogen and oxygen atoms in total. The molecule has 0 fully saturated rings. The second kappa shape index (κ2) is 4.32. The van der Waals surface area contributed by atoms with Gasteiger partial charge in [0.15, 0.2) is 0 Å². The second-order valence-corrected chi connectivity index (χ2v) is 6.03. The molecule has 0 bridgehead atoms. The molecule has 1 aliphatic rings. The van der Waals surface area contributed by atoms with Crippen molar-refractivity contribution in [1.29, 1.82) is 0 Å². The van der Waals surface area contributed by atoms with Crippen LogP contribution in [0.1, 0.15) is 11.1 Å². The first kappa shape index (κ1) is 14.5. The summed E-state index contributed by atoms with van der Waals surface area (Å²) < 4.78 is 61.7. The Morgan fingerprint density at radius 1 is 1.30 bits per heavy atom. The van der Waals surface area contributed by atoms with Crippen molar-refractivity contribution in [3.05, 3.63) is 34.2 Å². The van der Waals surface area contributed by atoms with Crippen molar-refractivity contribution in [3.8, 4) is 0 Å². The third kappa shape index (κ3) is 2.18. The lowest BCUT2D eigenvalue weighted by molar-refractivity contribution is -0.138. The van der Waals surface area contributed by atoms with Crippen LogP contribution in [-0.4, -0.2) is 25.5 Å². The number of aliphatic carboxylic acids is 1. The monoisotopic (exact) mass is 307 g/mol. The Labute approximate surface area is 111 Å². The van der Waals surface area contributed by atoms with Crippen LogP contribution < -0.4 is 5.73 Å². The quantitative estimate of drug-likeness (QED) is 0.857. The Morgan fingerprint density at radius 2 is 1.90 bits per heavy atom. The topological polar surface area (TPSA) is 97.5 Å². The van der Waals surface area contributed by atoms with Crippen molar-refractivity contribution in [3.63, 3.8) is 0 Å². The zero-order valence-electron chi connectivity index (χ0n) is 9.68. The van der Waals surface area contributed by atoms with Gasteiger partial charge in [-0.1, -0.05) is 6.07 Å². The molecule has 20 heavy (non-hydrogen) atoms. The van der Waals surface area contributed by atoms with Gasteiger partial charge < -0.3 is 10.8 Å². The van der Waals surface area contributed by atoms with Gasteiger partial charge in [0.25, 0.3) is 0 Å². The first-order valence-electron chi connectivity index (χ1n) is 5.21. The molecule has 0 saturated heterocycles. The lowest BCUT2D eigenvalue weighted by Gasteiger charge is -2.10. The van der Waals surface area contributed by atoms with Crippen molar-refractivity contribution in [1.82, 2.24) is 0 Å². The standard InChI is InChI=1S/C11H8F3NO4S/c12-11(13,14)6-2-1-5-3-8(9(15)10(16)17)20(18,19)7(5)4-6/h1-4,9H,15H2,(H,16,17). The van der Waals surface area contributed by atoms with Gasteiger partial charge in [0, 0.05) is 0 Å². The average molecular weight is 307 g/mol. The molecule has 0 aliphatic carbocycles. The predicted octanol–water partition coefficient (Wildman–Crippen LogP) is 1.25. The largest absolute Gasteiger partial charge is 0.480 e. The van der Waals surface area contributed by atoms with Gasteiger partial charge in [0.2, 0.25) is 9.84 Å². The maximum atomic E-state index is 12.6. The molecule has 0 saturated carbocycles. The molecular formula is C11H8F3NO4S. The third-order valence-electron chi connectivity index (χ3n) is 2.81. The molecule has 108 valence electrons. The zero-order valence-corrected chi connectivity index (χ0v) is 10.5. The number of rotatable bonds is 2. The van der Waals surface area contributed by atoms with Crippen LogP contribution >= 0.6 is 0 Å². The van der Waals surface area contributed by atoms with Gasteiger partial charge in [0.05, 0.1) is 15.4 Å². The first-order chi connectivity index (χ1) is 9.05. The number of sulfone groups is 1. The van der Waals surface area contributed by atoms with E-state index in [1.165, 1.54) is 0 Å². The molecule has 1 atom stereocenters. The van der Waals surface area contributed by atoms with Gasteiger partial charge in [-0.3, -0.25) is 4.79 Å². The van der Waals surface area contributed by atoms with E-state index in [0.717, 1.165) is 18.2 Å². The number of hydrogen-bond donors (Lipinski definition) is 2. The summed E-state index contributed by atoms with van der Waals surface area (Å²) in [5, 5.41) is 8.73. The number of carboxylic acid groups (broad SMARTS) is 1. The fourth-order valence-corrected chi connectivity index (χ4v) is 3.49. The Bertz CT molecular complexity index is 722. The SMILES string of the molecule is NC(C(=O)O)C1=Cc2ccc(C(F)(F)F)cc2S1(=O)=O. The summed E-state index contributed by atoms with van der Waals surface area (Å²) >= 11 is 0. The smallest absolute Gasteiger partial charge is 0.416 e. The molecule has 1 aromatic rings. The van der Waals surface area contributed by atoms with Crippen LogP contribution in [0.15, 0.2) is 28.0 Å². The molecular weight excluding hydrogens is 299 g/mol. The van der Waals surface area contributed by atoms with Crippen LogP contribution in [0.25, 0.3) is 6.08 Å². The number of fused-ring (bicyclic) bond motifs is 1. The molecule has 0 radical (unpaired) electrons. The number of benzene rings is 1. The van der Waals surface area contributed by atoms with Gasteiger partial charge in [0.1, 0.15) is 6.04 Å². The summed E-state index contributed by atoms with van der Waals surface area (Å²) in [6.07, 6.45) is -3.72. The van der Waals surface area contributed by atoms with Crippen LogP contribution in [0, 0.1) is 0 Å². The molecule has 1 unspecified atom stereocenters. The second-order valence-electron chi connectivity index (χ2n) is 4.12. The molecule has 1 aliphatic heterocycles. The first-order valence-corrected chi connectivity index (χ1v) is 6.70. The van der Waals surface area contributed by atoms with Crippen LogP contribution in [-0.2, 0) is 20.8 Å². The highest BCUT2D eigenvalue weighted by Crippen LogP contribution is 2.38. The maximum Gasteiger partial charge on any atom is 0.416 e. The van der Waals surface area contributed by atoms with Crippen LogP contribution in [0.4, 0.5) is 13.2 Å². The zero-order chi connectivity index (χ0) is 15.3. The van der Waals surface area contributed by atoms with Gasteiger partial charge in [-0.25, -0.2) is 8.42 Å². The van der Waals surface area contributed by atoms with E-state index in [1.807, 2.05) is 0 Å².